The Balaban J connectivity index is 1.90. The lowest BCUT2D eigenvalue weighted by Crippen LogP contribution is -1.94. The maximum absolute atomic E-state index is 5.26. The smallest absolute Gasteiger partial charge is 0.235 e. The summed E-state index contributed by atoms with van der Waals surface area (Å²) in [4.78, 5) is 0.833. The van der Waals surface area contributed by atoms with Crippen molar-refractivity contribution in [2.24, 2.45) is 0 Å². The quantitative estimate of drug-likeness (QED) is 0.651. The summed E-state index contributed by atoms with van der Waals surface area (Å²) >= 11 is 3.40. The van der Waals surface area contributed by atoms with Gasteiger partial charge in [0.2, 0.25) is 4.96 Å². The van der Waals surface area contributed by atoms with Crippen molar-refractivity contribution in [3.63, 3.8) is 0 Å². The van der Waals surface area contributed by atoms with Crippen LogP contribution in [0.2, 0.25) is 0 Å². The van der Waals surface area contributed by atoms with Gasteiger partial charge < -0.3 is 4.74 Å². The minimum atomic E-state index is 0.831. The number of hydrogen-bond acceptors (Lipinski definition) is 6. The van der Waals surface area contributed by atoms with Crippen molar-refractivity contribution < 1.29 is 4.74 Å². The van der Waals surface area contributed by atoms with Crippen LogP contribution in [0.4, 0.5) is 0 Å². The molecule has 0 N–H and O–H groups in total. The minimum Gasteiger partial charge on any atom is -0.497 e. The zero-order valence-corrected chi connectivity index (χ0v) is 13.6. The molecule has 21 heavy (non-hydrogen) atoms. The fourth-order valence-electron chi connectivity index (χ4n) is 1.93. The molecule has 110 valence electrons. The molecule has 5 nitrogen and oxygen atoms in total. The molecule has 0 radical (unpaired) electrons. The van der Waals surface area contributed by atoms with E-state index in [0.717, 1.165) is 38.6 Å². The summed E-state index contributed by atoms with van der Waals surface area (Å²) in [6, 6.07) is 7.90. The first-order valence-electron chi connectivity index (χ1n) is 6.75. The average Bonchev–Trinajstić information content (AvgIpc) is 3.09. The van der Waals surface area contributed by atoms with E-state index >= 15 is 0 Å². The normalized spacial score (nSPS) is 11.1. The van der Waals surface area contributed by atoms with E-state index in [1.807, 2.05) is 40.5 Å². The summed E-state index contributed by atoms with van der Waals surface area (Å²) in [5.41, 5.74) is 1.04. The van der Waals surface area contributed by atoms with Crippen LogP contribution in [-0.4, -0.2) is 32.7 Å². The molecule has 3 aromatic rings. The van der Waals surface area contributed by atoms with Crippen LogP contribution in [0.3, 0.4) is 0 Å². The van der Waals surface area contributed by atoms with Crippen molar-refractivity contribution in [3.05, 3.63) is 30.1 Å². The van der Waals surface area contributed by atoms with Gasteiger partial charge in [-0.1, -0.05) is 30.4 Å². The highest BCUT2D eigenvalue weighted by Gasteiger charge is 2.13. The van der Waals surface area contributed by atoms with Crippen molar-refractivity contribution in [3.8, 4) is 16.3 Å². The SMILES string of the molecule is CCCSCc1nnc2sc(-c3cccc(OC)c3)nn12. The highest BCUT2D eigenvalue weighted by atomic mass is 32.2. The lowest BCUT2D eigenvalue weighted by molar-refractivity contribution is 0.415. The topological polar surface area (TPSA) is 52.3 Å². The molecule has 2 aromatic heterocycles. The van der Waals surface area contributed by atoms with Crippen molar-refractivity contribution >= 4 is 28.1 Å². The maximum Gasteiger partial charge on any atom is 0.235 e. The number of hydrogen-bond donors (Lipinski definition) is 0. The molecule has 3 rings (SSSR count). The molecule has 0 aliphatic rings. The number of fused-ring (bicyclic) bond motifs is 1. The Bertz CT molecular complexity index is 737. The summed E-state index contributed by atoms with van der Waals surface area (Å²) in [6.45, 7) is 2.18. The van der Waals surface area contributed by atoms with E-state index in [4.69, 9.17) is 4.74 Å². The number of thioether (sulfide) groups is 1. The summed E-state index contributed by atoms with van der Waals surface area (Å²) in [6.07, 6.45) is 1.17. The van der Waals surface area contributed by atoms with Crippen LogP contribution < -0.4 is 4.74 Å². The highest BCUT2D eigenvalue weighted by Crippen LogP contribution is 2.28. The second-order valence-corrected chi connectivity index (χ2v) is 6.56. The van der Waals surface area contributed by atoms with Crippen LogP contribution >= 0.6 is 23.1 Å². The van der Waals surface area contributed by atoms with Gasteiger partial charge in [0.05, 0.1) is 12.9 Å². The van der Waals surface area contributed by atoms with Crippen molar-refractivity contribution in [1.82, 2.24) is 19.8 Å². The Morgan fingerprint density at radius 2 is 2.24 bits per heavy atom. The van der Waals surface area contributed by atoms with Gasteiger partial charge in [0, 0.05) is 5.56 Å². The Morgan fingerprint density at radius 3 is 3.05 bits per heavy atom. The van der Waals surface area contributed by atoms with Crippen LogP contribution in [0.1, 0.15) is 19.2 Å². The Kier molecular flexibility index (Phi) is 4.40. The fourth-order valence-corrected chi connectivity index (χ4v) is 3.58. The number of nitrogens with zero attached hydrogens (tertiary/aromatic N) is 4. The van der Waals surface area contributed by atoms with Crippen molar-refractivity contribution in [2.45, 2.75) is 19.1 Å². The fraction of sp³-hybridized carbons (Fsp3) is 0.357. The molecule has 0 saturated carbocycles. The molecule has 0 atom stereocenters. The van der Waals surface area contributed by atoms with Gasteiger partial charge in [-0.2, -0.15) is 21.4 Å². The van der Waals surface area contributed by atoms with Gasteiger partial charge in [-0.15, -0.1) is 10.2 Å². The number of methoxy groups -OCH3 is 1. The molecule has 0 fully saturated rings. The van der Waals surface area contributed by atoms with Gasteiger partial charge >= 0.3 is 0 Å². The van der Waals surface area contributed by atoms with Gasteiger partial charge in [-0.25, -0.2) is 0 Å². The van der Waals surface area contributed by atoms with Gasteiger partial charge in [0.1, 0.15) is 10.8 Å². The van der Waals surface area contributed by atoms with E-state index in [-0.39, 0.29) is 0 Å². The highest BCUT2D eigenvalue weighted by molar-refractivity contribution is 7.98. The molecule has 2 heterocycles. The molecule has 0 unspecified atom stereocenters. The number of benzene rings is 1. The second kappa shape index (κ2) is 6.44. The monoisotopic (exact) mass is 320 g/mol. The molecule has 1 aromatic carbocycles. The Morgan fingerprint density at radius 1 is 1.33 bits per heavy atom. The molecule has 0 aliphatic carbocycles. The number of ether oxygens (including phenoxy) is 1. The molecule has 0 aliphatic heterocycles. The van der Waals surface area contributed by atoms with Gasteiger partial charge in [-0.3, -0.25) is 0 Å². The van der Waals surface area contributed by atoms with E-state index in [1.165, 1.54) is 6.42 Å². The first-order valence-corrected chi connectivity index (χ1v) is 8.72. The predicted molar refractivity (Wildman–Crippen MR) is 87.1 cm³/mol. The minimum absolute atomic E-state index is 0.831. The Labute approximate surface area is 131 Å². The summed E-state index contributed by atoms with van der Waals surface area (Å²) in [5, 5.41) is 14.0. The molecular weight excluding hydrogens is 304 g/mol. The zero-order valence-electron chi connectivity index (χ0n) is 11.9. The largest absolute Gasteiger partial charge is 0.497 e. The van der Waals surface area contributed by atoms with Crippen LogP contribution in [-0.2, 0) is 5.75 Å². The maximum atomic E-state index is 5.26. The van der Waals surface area contributed by atoms with E-state index in [9.17, 15) is 0 Å². The summed E-state index contributed by atoms with van der Waals surface area (Å²) < 4.78 is 7.11. The third kappa shape index (κ3) is 3.03. The van der Waals surface area contributed by atoms with Crippen LogP contribution in [0.15, 0.2) is 24.3 Å². The third-order valence-electron chi connectivity index (χ3n) is 2.95. The second-order valence-electron chi connectivity index (χ2n) is 4.50. The Hall–Kier alpha value is -1.60. The van der Waals surface area contributed by atoms with Crippen LogP contribution in [0, 0.1) is 0 Å². The molecular formula is C14H16N4OS2. The molecule has 0 spiro atoms. The van der Waals surface area contributed by atoms with E-state index in [1.54, 1.807) is 18.4 Å². The van der Waals surface area contributed by atoms with Crippen molar-refractivity contribution in [2.75, 3.05) is 12.9 Å². The van der Waals surface area contributed by atoms with Crippen LogP contribution in [0.5, 0.6) is 5.75 Å². The van der Waals surface area contributed by atoms with E-state index < -0.39 is 0 Å². The van der Waals surface area contributed by atoms with Gasteiger partial charge in [0.25, 0.3) is 0 Å². The lowest BCUT2D eigenvalue weighted by atomic mass is 10.2. The average molecular weight is 320 g/mol. The van der Waals surface area contributed by atoms with Crippen molar-refractivity contribution in [1.29, 1.82) is 0 Å². The zero-order chi connectivity index (χ0) is 14.7. The summed E-state index contributed by atoms with van der Waals surface area (Å²) in [5.74, 6) is 3.71. The number of rotatable bonds is 6. The molecule has 0 saturated heterocycles. The molecule has 0 amide bonds. The van der Waals surface area contributed by atoms with E-state index in [0.29, 0.717) is 0 Å². The standard InChI is InChI=1S/C14H16N4OS2/c1-3-7-20-9-12-15-16-14-18(12)17-13(21-14)10-5-4-6-11(8-10)19-2/h4-6,8H,3,7,9H2,1-2H3. The first-order chi connectivity index (χ1) is 10.3. The van der Waals surface area contributed by atoms with Gasteiger partial charge in [-0.05, 0) is 24.3 Å². The lowest BCUT2D eigenvalue weighted by Gasteiger charge is -2.00. The molecule has 0 bridgehead atoms. The predicted octanol–water partition coefficient (Wildman–Crippen LogP) is 3.50. The third-order valence-corrected chi connectivity index (χ3v) is 5.06. The first kappa shape index (κ1) is 14.3. The van der Waals surface area contributed by atoms with E-state index in [2.05, 4.69) is 22.2 Å². The van der Waals surface area contributed by atoms with Gasteiger partial charge in [0.15, 0.2) is 5.82 Å². The van der Waals surface area contributed by atoms with Crippen LogP contribution in [0.25, 0.3) is 15.5 Å². The summed E-state index contributed by atoms with van der Waals surface area (Å²) in [7, 11) is 1.67. The number of aromatic nitrogens is 4. The molecule has 7 heteroatoms.